The third kappa shape index (κ3) is 2.65. The van der Waals surface area contributed by atoms with Crippen molar-refractivity contribution in [3.05, 3.63) is 35.6 Å². The van der Waals surface area contributed by atoms with Gasteiger partial charge in [-0.2, -0.15) is 0 Å². The lowest BCUT2D eigenvalue weighted by Gasteiger charge is -2.22. The molecular weight excluding hydrogens is 243 g/mol. The van der Waals surface area contributed by atoms with Crippen molar-refractivity contribution >= 4 is 9.84 Å². The van der Waals surface area contributed by atoms with Gasteiger partial charge >= 0.3 is 0 Å². The van der Waals surface area contributed by atoms with Crippen LogP contribution >= 0.6 is 0 Å². The average molecular weight is 258 g/mol. The second-order valence-electron chi connectivity index (χ2n) is 4.33. The predicted molar refractivity (Wildman–Crippen MR) is 63.2 cm³/mol. The van der Waals surface area contributed by atoms with Gasteiger partial charge in [0.15, 0.2) is 9.84 Å². The molecule has 2 rings (SSSR count). The Bertz CT molecular complexity index is 504. The van der Waals surface area contributed by atoms with Crippen LogP contribution in [0.5, 0.6) is 0 Å². The van der Waals surface area contributed by atoms with Crippen LogP contribution in [0, 0.1) is 11.7 Å². The summed E-state index contributed by atoms with van der Waals surface area (Å²) in [5, 5.41) is 0. The number of halogens is 1. The first-order valence-corrected chi connectivity index (χ1v) is 7.26. The Labute approximate surface area is 99.9 Å². The van der Waals surface area contributed by atoms with Gasteiger partial charge in [-0.25, -0.2) is 12.8 Å². The lowest BCUT2D eigenvalue weighted by atomic mass is 9.93. The summed E-state index contributed by atoms with van der Waals surface area (Å²) in [5.41, 5.74) is 2.96. The Morgan fingerprint density at radius 2 is 2.12 bits per heavy atom. The molecule has 1 saturated heterocycles. The van der Waals surface area contributed by atoms with Crippen molar-refractivity contribution in [1.29, 1.82) is 0 Å². The van der Waals surface area contributed by atoms with Crippen LogP contribution in [0.3, 0.4) is 0 Å². The summed E-state index contributed by atoms with van der Waals surface area (Å²) in [7, 11) is -2.99. The third-order valence-corrected chi connectivity index (χ3v) is 4.95. The van der Waals surface area contributed by atoms with Gasteiger partial charge in [0.05, 0.1) is 17.5 Å². The summed E-state index contributed by atoms with van der Waals surface area (Å²) < 4.78 is 36.5. The largest absolute Gasteiger partial charge is 0.271 e. The predicted octanol–water partition coefficient (Wildman–Crippen LogP) is 0.765. The fourth-order valence-corrected chi connectivity index (χ4v) is 4.13. The molecule has 1 aliphatic rings. The van der Waals surface area contributed by atoms with Crippen molar-refractivity contribution in [3.8, 4) is 0 Å². The van der Waals surface area contributed by atoms with Crippen molar-refractivity contribution in [2.24, 2.45) is 11.8 Å². The fraction of sp³-hybridized carbons (Fsp3) is 0.455. The van der Waals surface area contributed by atoms with E-state index in [9.17, 15) is 12.8 Å². The lowest BCUT2D eigenvalue weighted by Crippen LogP contribution is -2.34. The van der Waals surface area contributed by atoms with E-state index in [1.807, 2.05) is 0 Å². The van der Waals surface area contributed by atoms with Gasteiger partial charge in [-0.1, -0.05) is 18.2 Å². The summed E-state index contributed by atoms with van der Waals surface area (Å²) in [6.45, 7) is 0. The van der Waals surface area contributed by atoms with E-state index in [4.69, 9.17) is 5.84 Å². The molecular formula is C11H15FN2O2S. The molecule has 6 heteroatoms. The topological polar surface area (TPSA) is 72.2 Å². The van der Waals surface area contributed by atoms with Gasteiger partial charge < -0.3 is 0 Å². The van der Waals surface area contributed by atoms with Gasteiger partial charge in [0.1, 0.15) is 5.82 Å². The normalized spacial score (nSPS) is 24.7. The first kappa shape index (κ1) is 12.5. The van der Waals surface area contributed by atoms with E-state index in [0.29, 0.717) is 12.0 Å². The van der Waals surface area contributed by atoms with Crippen LogP contribution in [-0.4, -0.2) is 19.9 Å². The highest BCUT2D eigenvalue weighted by molar-refractivity contribution is 7.91. The SMILES string of the molecule is NNC(c1ccccc1F)C1CCS(=O)(=O)C1. The zero-order chi connectivity index (χ0) is 12.5. The van der Waals surface area contributed by atoms with Crippen LogP contribution in [0.2, 0.25) is 0 Å². The summed E-state index contributed by atoms with van der Waals surface area (Å²) >= 11 is 0. The second-order valence-corrected chi connectivity index (χ2v) is 6.56. The van der Waals surface area contributed by atoms with Crippen molar-refractivity contribution in [2.75, 3.05) is 11.5 Å². The van der Waals surface area contributed by atoms with Crippen LogP contribution < -0.4 is 11.3 Å². The number of hydrogen-bond donors (Lipinski definition) is 2. The quantitative estimate of drug-likeness (QED) is 0.620. The standard InChI is InChI=1S/C11H15FN2O2S/c12-10-4-2-1-3-9(10)11(14-13)8-5-6-17(15,16)7-8/h1-4,8,11,14H,5-7,13H2. The minimum absolute atomic E-state index is 0.0657. The third-order valence-electron chi connectivity index (χ3n) is 3.16. The van der Waals surface area contributed by atoms with Crippen LogP contribution in [-0.2, 0) is 9.84 Å². The van der Waals surface area contributed by atoms with Crippen LogP contribution in [0.25, 0.3) is 0 Å². The zero-order valence-corrected chi connectivity index (χ0v) is 10.1. The van der Waals surface area contributed by atoms with Gasteiger partial charge in [0.25, 0.3) is 0 Å². The van der Waals surface area contributed by atoms with Crippen molar-refractivity contribution in [2.45, 2.75) is 12.5 Å². The van der Waals surface area contributed by atoms with Gasteiger partial charge in [0, 0.05) is 5.56 Å². The highest BCUT2D eigenvalue weighted by atomic mass is 32.2. The monoisotopic (exact) mass is 258 g/mol. The van der Waals surface area contributed by atoms with Crippen molar-refractivity contribution in [1.82, 2.24) is 5.43 Å². The van der Waals surface area contributed by atoms with E-state index in [0.717, 1.165) is 0 Å². The molecule has 94 valence electrons. The van der Waals surface area contributed by atoms with Gasteiger partial charge in [-0.05, 0) is 18.4 Å². The average Bonchev–Trinajstić information content (AvgIpc) is 2.63. The Hall–Kier alpha value is -0.980. The van der Waals surface area contributed by atoms with Crippen LogP contribution in [0.1, 0.15) is 18.0 Å². The van der Waals surface area contributed by atoms with E-state index in [2.05, 4.69) is 5.43 Å². The maximum Gasteiger partial charge on any atom is 0.150 e. The van der Waals surface area contributed by atoms with E-state index < -0.39 is 15.9 Å². The van der Waals surface area contributed by atoms with Crippen molar-refractivity contribution < 1.29 is 12.8 Å². The Morgan fingerprint density at radius 3 is 2.65 bits per heavy atom. The molecule has 1 aliphatic heterocycles. The molecule has 1 aromatic rings. The molecule has 17 heavy (non-hydrogen) atoms. The first-order valence-electron chi connectivity index (χ1n) is 5.44. The highest BCUT2D eigenvalue weighted by Gasteiger charge is 2.34. The number of sulfone groups is 1. The molecule has 1 aromatic carbocycles. The van der Waals surface area contributed by atoms with Crippen molar-refractivity contribution in [3.63, 3.8) is 0 Å². The first-order chi connectivity index (χ1) is 8.03. The molecule has 0 saturated carbocycles. The summed E-state index contributed by atoms with van der Waals surface area (Å²) in [6.07, 6.45) is 0.519. The molecule has 0 spiro atoms. The molecule has 3 N–H and O–H groups in total. The zero-order valence-electron chi connectivity index (χ0n) is 9.27. The van der Waals surface area contributed by atoms with Gasteiger partial charge in [0.2, 0.25) is 0 Å². The minimum Gasteiger partial charge on any atom is -0.271 e. The minimum atomic E-state index is -2.99. The Balaban J connectivity index is 2.26. The Kier molecular flexibility index (Phi) is 3.46. The smallest absolute Gasteiger partial charge is 0.150 e. The number of nitrogens with one attached hydrogen (secondary N) is 1. The summed E-state index contributed by atoms with van der Waals surface area (Å²) in [6, 6.07) is 5.84. The van der Waals surface area contributed by atoms with E-state index in [1.54, 1.807) is 18.2 Å². The van der Waals surface area contributed by atoms with Crippen LogP contribution in [0.15, 0.2) is 24.3 Å². The van der Waals surface area contributed by atoms with E-state index in [-0.39, 0.29) is 23.2 Å². The maximum atomic E-state index is 13.6. The summed E-state index contributed by atoms with van der Waals surface area (Å²) in [4.78, 5) is 0. The van der Waals surface area contributed by atoms with E-state index in [1.165, 1.54) is 6.07 Å². The molecule has 0 amide bonds. The number of rotatable bonds is 3. The number of benzene rings is 1. The molecule has 0 aliphatic carbocycles. The number of hydrogen-bond acceptors (Lipinski definition) is 4. The molecule has 1 heterocycles. The molecule has 2 unspecified atom stereocenters. The Morgan fingerprint density at radius 1 is 1.41 bits per heavy atom. The van der Waals surface area contributed by atoms with Crippen LogP contribution in [0.4, 0.5) is 4.39 Å². The molecule has 2 atom stereocenters. The second kappa shape index (κ2) is 4.72. The molecule has 1 fully saturated rings. The maximum absolute atomic E-state index is 13.6. The van der Waals surface area contributed by atoms with Gasteiger partial charge in [-0.3, -0.25) is 11.3 Å². The number of nitrogens with two attached hydrogens (primary N) is 1. The molecule has 0 radical (unpaired) electrons. The molecule has 4 nitrogen and oxygen atoms in total. The number of hydrazine groups is 1. The molecule has 0 bridgehead atoms. The summed E-state index contributed by atoms with van der Waals surface area (Å²) in [5.74, 6) is 5.13. The van der Waals surface area contributed by atoms with E-state index >= 15 is 0 Å². The van der Waals surface area contributed by atoms with Gasteiger partial charge in [-0.15, -0.1) is 0 Å². The highest BCUT2D eigenvalue weighted by Crippen LogP contribution is 2.31. The molecule has 0 aromatic heterocycles. The lowest BCUT2D eigenvalue weighted by molar-refractivity contribution is 0.386. The fourth-order valence-electron chi connectivity index (χ4n) is 2.29.